The van der Waals surface area contributed by atoms with Gasteiger partial charge < -0.3 is 15.8 Å². The third kappa shape index (κ3) is 5.52. The second-order valence-electron chi connectivity index (χ2n) is 6.10. The van der Waals surface area contributed by atoms with Crippen LogP contribution in [0.5, 0.6) is 5.75 Å². The van der Waals surface area contributed by atoms with Gasteiger partial charge in [-0.2, -0.15) is 0 Å². The third-order valence-electron chi connectivity index (χ3n) is 3.90. The van der Waals surface area contributed by atoms with Crippen LogP contribution < -0.4 is 15.8 Å². The average Bonchev–Trinajstić information content (AvgIpc) is 3.15. The van der Waals surface area contributed by atoms with Crippen molar-refractivity contribution in [3.63, 3.8) is 0 Å². The Hall–Kier alpha value is -2.98. The fourth-order valence-electron chi connectivity index (χ4n) is 2.63. The number of nitrogens with zero attached hydrogens (tertiary/aromatic N) is 2. The van der Waals surface area contributed by atoms with Crippen LogP contribution in [0.3, 0.4) is 0 Å². The van der Waals surface area contributed by atoms with E-state index in [0.29, 0.717) is 22.1 Å². The van der Waals surface area contributed by atoms with Gasteiger partial charge in [0.15, 0.2) is 0 Å². The van der Waals surface area contributed by atoms with E-state index < -0.39 is 12.4 Å². The van der Waals surface area contributed by atoms with Gasteiger partial charge in [0.05, 0.1) is 0 Å². The van der Waals surface area contributed by atoms with E-state index in [-0.39, 0.29) is 11.7 Å². The maximum absolute atomic E-state index is 12.5. The molecule has 1 amide bonds. The molecular weight excluding hydrogens is 405 g/mol. The predicted octanol–water partition coefficient (Wildman–Crippen LogP) is 3.79. The molecule has 0 aliphatic carbocycles. The van der Waals surface area contributed by atoms with Crippen molar-refractivity contribution < 1.29 is 22.7 Å². The first-order valence-corrected chi connectivity index (χ1v) is 9.32. The van der Waals surface area contributed by atoms with Crippen molar-refractivity contribution in [3.05, 3.63) is 64.7 Å². The lowest BCUT2D eigenvalue weighted by Gasteiger charge is -2.15. The molecule has 1 aromatic heterocycles. The van der Waals surface area contributed by atoms with E-state index in [0.717, 1.165) is 11.1 Å². The van der Waals surface area contributed by atoms with Crippen LogP contribution in [0.15, 0.2) is 48.5 Å². The molecule has 0 bridgehead atoms. The highest BCUT2D eigenvalue weighted by molar-refractivity contribution is 7.14. The molecule has 29 heavy (non-hydrogen) atoms. The number of alkyl halides is 3. The molecule has 0 radical (unpaired) electrons. The third-order valence-corrected chi connectivity index (χ3v) is 4.94. The Labute approximate surface area is 168 Å². The number of nitrogens with one attached hydrogen (secondary N) is 1. The topological polar surface area (TPSA) is 90.1 Å². The van der Waals surface area contributed by atoms with Gasteiger partial charge in [0, 0.05) is 19.0 Å². The number of carbonyl (C=O) groups excluding carboxylic acids is 1. The maximum atomic E-state index is 12.5. The molecule has 3 N–H and O–H groups in total. The lowest BCUT2D eigenvalue weighted by molar-refractivity contribution is -0.274. The van der Waals surface area contributed by atoms with Crippen LogP contribution in [0.25, 0.3) is 10.6 Å². The monoisotopic (exact) mass is 422 g/mol. The summed E-state index contributed by atoms with van der Waals surface area (Å²) >= 11 is 1.17. The van der Waals surface area contributed by atoms with E-state index in [1.807, 2.05) is 24.3 Å². The predicted molar refractivity (Wildman–Crippen MR) is 102 cm³/mol. The SMILES string of the molecule is CC(=O)NC(c1ccc(CN)cc1)c1nnc(-c2cccc(OC(F)(F)F)c2)s1. The Balaban J connectivity index is 1.91. The summed E-state index contributed by atoms with van der Waals surface area (Å²) in [5.41, 5.74) is 7.77. The second-order valence-corrected chi connectivity index (χ2v) is 7.11. The minimum absolute atomic E-state index is 0.254. The maximum Gasteiger partial charge on any atom is 0.573 e. The quantitative estimate of drug-likeness (QED) is 0.631. The number of benzene rings is 2. The standard InChI is InChI=1S/C19H17F3N4O2S/c1-11(27)24-16(13-7-5-12(10-23)6-8-13)18-26-25-17(29-18)14-3-2-4-15(9-14)28-19(20,21)22/h2-9,16H,10,23H2,1H3,(H,24,27). The molecule has 152 valence electrons. The molecule has 2 aromatic carbocycles. The lowest BCUT2D eigenvalue weighted by Crippen LogP contribution is -2.26. The van der Waals surface area contributed by atoms with Crippen molar-refractivity contribution in [1.29, 1.82) is 0 Å². The number of amides is 1. The summed E-state index contributed by atoms with van der Waals surface area (Å²) in [5.74, 6) is -0.599. The summed E-state index contributed by atoms with van der Waals surface area (Å²) in [6.07, 6.45) is -4.78. The number of hydrogen-bond acceptors (Lipinski definition) is 6. The number of ether oxygens (including phenoxy) is 1. The Morgan fingerprint density at radius 2 is 1.93 bits per heavy atom. The van der Waals surface area contributed by atoms with Gasteiger partial charge in [-0.3, -0.25) is 4.79 Å². The molecule has 1 heterocycles. The largest absolute Gasteiger partial charge is 0.573 e. The Morgan fingerprint density at radius 1 is 1.21 bits per heavy atom. The molecule has 0 aliphatic rings. The van der Waals surface area contributed by atoms with Gasteiger partial charge in [-0.05, 0) is 23.3 Å². The number of halogens is 3. The molecule has 10 heteroatoms. The zero-order chi connectivity index (χ0) is 21.0. The smallest absolute Gasteiger partial charge is 0.406 e. The highest BCUT2D eigenvalue weighted by Gasteiger charge is 2.31. The number of nitrogens with two attached hydrogens (primary N) is 1. The molecular formula is C19H17F3N4O2S. The first-order valence-electron chi connectivity index (χ1n) is 8.51. The van der Waals surface area contributed by atoms with Gasteiger partial charge in [0.25, 0.3) is 0 Å². The van der Waals surface area contributed by atoms with Crippen LogP contribution in [0.2, 0.25) is 0 Å². The van der Waals surface area contributed by atoms with Crippen molar-refractivity contribution >= 4 is 17.2 Å². The van der Waals surface area contributed by atoms with Gasteiger partial charge in [-0.25, -0.2) is 0 Å². The number of aromatic nitrogens is 2. The molecule has 0 aliphatic heterocycles. The van der Waals surface area contributed by atoms with E-state index in [9.17, 15) is 18.0 Å². The zero-order valence-corrected chi connectivity index (χ0v) is 16.1. The molecule has 0 saturated carbocycles. The molecule has 1 unspecified atom stereocenters. The van der Waals surface area contributed by atoms with Gasteiger partial charge in [0.2, 0.25) is 5.91 Å². The number of hydrogen-bond donors (Lipinski definition) is 2. The van der Waals surface area contributed by atoms with E-state index >= 15 is 0 Å². The summed E-state index contributed by atoms with van der Waals surface area (Å²) in [4.78, 5) is 11.7. The second kappa shape index (κ2) is 8.58. The van der Waals surface area contributed by atoms with Crippen LogP contribution in [0.1, 0.15) is 29.1 Å². The number of rotatable bonds is 6. The lowest BCUT2D eigenvalue weighted by atomic mass is 10.1. The molecule has 0 fully saturated rings. The first-order chi connectivity index (χ1) is 13.7. The van der Waals surface area contributed by atoms with Crippen molar-refractivity contribution in [2.24, 2.45) is 5.73 Å². The van der Waals surface area contributed by atoms with Crippen LogP contribution in [-0.4, -0.2) is 22.5 Å². The Bertz CT molecular complexity index is 990. The van der Waals surface area contributed by atoms with Crippen LogP contribution in [0.4, 0.5) is 13.2 Å². The van der Waals surface area contributed by atoms with E-state index in [4.69, 9.17) is 5.73 Å². The van der Waals surface area contributed by atoms with Crippen molar-refractivity contribution in [3.8, 4) is 16.3 Å². The van der Waals surface area contributed by atoms with Gasteiger partial charge in [-0.1, -0.05) is 47.7 Å². The Kier molecular flexibility index (Phi) is 6.14. The van der Waals surface area contributed by atoms with E-state index in [2.05, 4.69) is 20.3 Å². The summed E-state index contributed by atoms with van der Waals surface area (Å²) in [6, 6.07) is 12.3. The van der Waals surface area contributed by atoms with Crippen molar-refractivity contribution in [2.75, 3.05) is 0 Å². The van der Waals surface area contributed by atoms with Crippen LogP contribution in [-0.2, 0) is 11.3 Å². The molecule has 1 atom stereocenters. The minimum atomic E-state index is -4.78. The minimum Gasteiger partial charge on any atom is -0.406 e. The molecule has 3 rings (SSSR count). The highest BCUT2D eigenvalue weighted by atomic mass is 32.1. The van der Waals surface area contributed by atoms with Crippen molar-refractivity contribution in [2.45, 2.75) is 25.9 Å². The van der Waals surface area contributed by atoms with Gasteiger partial charge in [-0.15, -0.1) is 23.4 Å². The van der Waals surface area contributed by atoms with Crippen LogP contribution in [0, 0.1) is 0 Å². The Morgan fingerprint density at radius 3 is 2.55 bits per heavy atom. The average molecular weight is 422 g/mol. The molecule has 0 spiro atoms. The van der Waals surface area contributed by atoms with Gasteiger partial charge >= 0.3 is 6.36 Å². The highest BCUT2D eigenvalue weighted by Crippen LogP contribution is 2.33. The first kappa shape index (κ1) is 20.7. The molecule has 6 nitrogen and oxygen atoms in total. The number of carbonyl (C=O) groups is 1. The molecule has 3 aromatic rings. The van der Waals surface area contributed by atoms with Crippen LogP contribution >= 0.6 is 11.3 Å². The fraction of sp³-hybridized carbons (Fsp3) is 0.211. The summed E-state index contributed by atoms with van der Waals surface area (Å²) in [6.45, 7) is 1.78. The summed E-state index contributed by atoms with van der Waals surface area (Å²) in [5, 5.41) is 11.9. The molecule has 0 saturated heterocycles. The van der Waals surface area contributed by atoms with Gasteiger partial charge in [0.1, 0.15) is 21.8 Å². The fourth-order valence-corrected chi connectivity index (χ4v) is 3.55. The zero-order valence-electron chi connectivity index (χ0n) is 15.2. The normalized spacial score (nSPS) is 12.4. The van der Waals surface area contributed by atoms with E-state index in [1.54, 1.807) is 6.07 Å². The van der Waals surface area contributed by atoms with Crippen molar-refractivity contribution in [1.82, 2.24) is 15.5 Å². The summed E-state index contributed by atoms with van der Waals surface area (Å²) in [7, 11) is 0. The van der Waals surface area contributed by atoms with E-state index in [1.165, 1.54) is 36.5 Å². The summed E-state index contributed by atoms with van der Waals surface area (Å²) < 4.78 is 41.3.